The molecule has 0 bridgehead atoms. The molecule has 0 N–H and O–H groups in total. The second-order valence-electron chi connectivity index (χ2n) is 4.81. The summed E-state index contributed by atoms with van der Waals surface area (Å²) in [4.78, 5) is 0.153. The third kappa shape index (κ3) is 6.13. The van der Waals surface area contributed by atoms with E-state index in [0.29, 0.717) is 12.2 Å². The molecule has 0 saturated heterocycles. The molecule has 2 atom stereocenters. The third-order valence-electron chi connectivity index (χ3n) is 2.86. The SMILES string of the molecule is CCCCOC(C)OC(C)OS(=O)(=O)c1ccccc1C. The lowest BCUT2D eigenvalue weighted by Crippen LogP contribution is -2.25. The summed E-state index contributed by atoms with van der Waals surface area (Å²) in [6.45, 7) is 7.62. The highest BCUT2D eigenvalue weighted by Crippen LogP contribution is 2.19. The van der Waals surface area contributed by atoms with E-state index in [2.05, 4.69) is 6.92 Å². The van der Waals surface area contributed by atoms with Crippen molar-refractivity contribution in [1.29, 1.82) is 0 Å². The lowest BCUT2D eigenvalue weighted by molar-refractivity contribution is -0.202. The Balaban J connectivity index is 2.57. The molecule has 0 spiro atoms. The fraction of sp³-hybridized carbons (Fsp3) is 0.600. The molecule has 5 nitrogen and oxygen atoms in total. The van der Waals surface area contributed by atoms with Crippen LogP contribution in [0.15, 0.2) is 29.2 Å². The molecule has 0 amide bonds. The molecule has 1 aromatic rings. The van der Waals surface area contributed by atoms with Crippen LogP contribution in [-0.4, -0.2) is 27.6 Å². The summed E-state index contributed by atoms with van der Waals surface area (Å²) in [6, 6.07) is 6.67. The van der Waals surface area contributed by atoms with Gasteiger partial charge in [0, 0.05) is 6.61 Å². The van der Waals surface area contributed by atoms with Crippen molar-refractivity contribution < 1.29 is 22.1 Å². The molecule has 120 valence electrons. The molecule has 0 aromatic heterocycles. The molecule has 6 heteroatoms. The summed E-state index contributed by atoms with van der Waals surface area (Å²) in [6.07, 6.45) is 0.537. The van der Waals surface area contributed by atoms with Gasteiger partial charge in [0.15, 0.2) is 12.6 Å². The molecule has 0 fully saturated rings. The largest absolute Gasteiger partial charge is 0.353 e. The second kappa shape index (κ2) is 8.48. The van der Waals surface area contributed by atoms with E-state index in [1.807, 2.05) is 0 Å². The van der Waals surface area contributed by atoms with E-state index in [0.717, 1.165) is 12.8 Å². The Morgan fingerprint density at radius 2 is 1.81 bits per heavy atom. The van der Waals surface area contributed by atoms with Crippen LogP contribution < -0.4 is 0 Å². The fourth-order valence-electron chi connectivity index (χ4n) is 1.79. The van der Waals surface area contributed by atoms with Crippen LogP contribution >= 0.6 is 0 Å². The monoisotopic (exact) mass is 316 g/mol. The maximum absolute atomic E-state index is 12.2. The first kappa shape index (κ1) is 18.1. The summed E-state index contributed by atoms with van der Waals surface area (Å²) in [5.41, 5.74) is 0.636. The lowest BCUT2D eigenvalue weighted by atomic mass is 10.2. The van der Waals surface area contributed by atoms with E-state index < -0.39 is 22.7 Å². The smallest absolute Gasteiger partial charge is 0.299 e. The Hall–Kier alpha value is -0.950. The first-order valence-electron chi connectivity index (χ1n) is 7.12. The highest BCUT2D eigenvalue weighted by Gasteiger charge is 2.22. The van der Waals surface area contributed by atoms with Gasteiger partial charge < -0.3 is 9.47 Å². The fourth-order valence-corrected chi connectivity index (χ4v) is 3.01. The average Bonchev–Trinajstić information content (AvgIpc) is 2.38. The maximum atomic E-state index is 12.2. The summed E-state index contributed by atoms with van der Waals surface area (Å²) < 4.78 is 40.1. The number of ether oxygens (including phenoxy) is 2. The number of rotatable bonds is 9. The first-order valence-corrected chi connectivity index (χ1v) is 8.53. The van der Waals surface area contributed by atoms with Gasteiger partial charge in [0.25, 0.3) is 10.1 Å². The lowest BCUT2D eigenvalue weighted by Gasteiger charge is -2.19. The highest BCUT2D eigenvalue weighted by atomic mass is 32.2. The van der Waals surface area contributed by atoms with Gasteiger partial charge in [-0.3, -0.25) is 0 Å². The predicted molar refractivity (Wildman–Crippen MR) is 80.3 cm³/mol. The van der Waals surface area contributed by atoms with Gasteiger partial charge in [-0.25, -0.2) is 4.18 Å². The van der Waals surface area contributed by atoms with E-state index in [4.69, 9.17) is 13.7 Å². The van der Waals surface area contributed by atoms with Crippen LogP contribution in [0.25, 0.3) is 0 Å². The topological polar surface area (TPSA) is 61.8 Å². The Labute approximate surface area is 127 Å². The Morgan fingerprint density at radius 1 is 1.14 bits per heavy atom. The van der Waals surface area contributed by atoms with Crippen LogP contribution in [0.2, 0.25) is 0 Å². The summed E-state index contributed by atoms with van der Waals surface area (Å²) >= 11 is 0. The third-order valence-corrected chi connectivity index (χ3v) is 4.38. The van der Waals surface area contributed by atoms with Crippen LogP contribution in [0.5, 0.6) is 0 Å². The number of benzene rings is 1. The van der Waals surface area contributed by atoms with Crippen LogP contribution in [0.3, 0.4) is 0 Å². The molecule has 1 aromatic carbocycles. The standard InChI is InChI=1S/C15H24O5S/c1-5-6-11-18-13(3)19-14(4)20-21(16,17)15-10-8-7-9-12(15)2/h7-10,13-14H,5-6,11H2,1-4H3. The maximum Gasteiger partial charge on any atom is 0.299 e. The number of aryl methyl sites for hydroxylation is 1. The van der Waals surface area contributed by atoms with Crippen LogP contribution in [0.1, 0.15) is 39.2 Å². The molecule has 0 aliphatic rings. The molecule has 21 heavy (non-hydrogen) atoms. The van der Waals surface area contributed by atoms with Crippen molar-refractivity contribution in [3.8, 4) is 0 Å². The van der Waals surface area contributed by atoms with Gasteiger partial charge in [-0.15, -0.1) is 0 Å². The van der Waals surface area contributed by atoms with Crippen molar-refractivity contribution in [1.82, 2.24) is 0 Å². The van der Waals surface area contributed by atoms with Crippen molar-refractivity contribution in [3.63, 3.8) is 0 Å². The molecule has 0 saturated carbocycles. The molecule has 0 aliphatic carbocycles. The summed E-state index contributed by atoms with van der Waals surface area (Å²) in [5, 5.41) is 0. The van der Waals surface area contributed by atoms with E-state index >= 15 is 0 Å². The van der Waals surface area contributed by atoms with Gasteiger partial charge in [0.05, 0.1) is 4.90 Å². The number of unbranched alkanes of at least 4 members (excludes halogenated alkanes) is 1. The van der Waals surface area contributed by atoms with E-state index in [1.54, 1.807) is 32.0 Å². The summed E-state index contributed by atoms with van der Waals surface area (Å²) in [7, 11) is -3.84. The van der Waals surface area contributed by atoms with E-state index in [9.17, 15) is 8.42 Å². The zero-order valence-corrected chi connectivity index (χ0v) is 13.9. The molecule has 0 heterocycles. The van der Waals surface area contributed by atoms with E-state index in [1.165, 1.54) is 13.0 Å². The molecule has 0 radical (unpaired) electrons. The predicted octanol–water partition coefficient (Wildman–Crippen LogP) is 3.23. The minimum atomic E-state index is -3.84. The van der Waals surface area contributed by atoms with Gasteiger partial charge in [-0.2, -0.15) is 8.42 Å². The average molecular weight is 316 g/mol. The number of hydrogen-bond acceptors (Lipinski definition) is 5. The minimum Gasteiger partial charge on any atom is -0.353 e. The van der Waals surface area contributed by atoms with Gasteiger partial charge in [-0.05, 0) is 38.8 Å². The van der Waals surface area contributed by atoms with Gasteiger partial charge in [0.2, 0.25) is 0 Å². The zero-order chi connectivity index (χ0) is 15.9. The number of hydrogen-bond donors (Lipinski definition) is 0. The van der Waals surface area contributed by atoms with Gasteiger partial charge in [-0.1, -0.05) is 31.5 Å². The minimum absolute atomic E-state index is 0.153. The highest BCUT2D eigenvalue weighted by molar-refractivity contribution is 7.86. The Morgan fingerprint density at radius 3 is 2.43 bits per heavy atom. The van der Waals surface area contributed by atoms with Crippen molar-refractivity contribution >= 4 is 10.1 Å². The second-order valence-corrected chi connectivity index (χ2v) is 6.35. The Kier molecular flexibility index (Phi) is 7.31. The Bertz CT molecular complexity index is 527. The molecule has 2 unspecified atom stereocenters. The van der Waals surface area contributed by atoms with Crippen LogP contribution in [0.4, 0.5) is 0 Å². The van der Waals surface area contributed by atoms with Crippen molar-refractivity contribution in [2.45, 2.75) is 58.0 Å². The zero-order valence-electron chi connectivity index (χ0n) is 13.0. The van der Waals surface area contributed by atoms with Crippen LogP contribution in [0, 0.1) is 6.92 Å². The molecule has 1 rings (SSSR count). The molecular weight excluding hydrogens is 292 g/mol. The van der Waals surface area contributed by atoms with Crippen LogP contribution in [-0.2, 0) is 23.8 Å². The van der Waals surface area contributed by atoms with Crippen molar-refractivity contribution in [2.24, 2.45) is 0 Å². The first-order chi connectivity index (χ1) is 9.86. The van der Waals surface area contributed by atoms with Crippen molar-refractivity contribution in [3.05, 3.63) is 29.8 Å². The summed E-state index contributed by atoms with van der Waals surface area (Å²) in [5.74, 6) is 0. The van der Waals surface area contributed by atoms with Gasteiger partial charge >= 0.3 is 0 Å². The van der Waals surface area contributed by atoms with E-state index in [-0.39, 0.29) is 4.90 Å². The van der Waals surface area contributed by atoms with Crippen molar-refractivity contribution in [2.75, 3.05) is 6.61 Å². The molecular formula is C15H24O5S. The molecule has 0 aliphatic heterocycles. The normalized spacial score (nSPS) is 14.9. The van der Waals surface area contributed by atoms with Gasteiger partial charge in [0.1, 0.15) is 0 Å². The quantitative estimate of drug-likeness (QED) is 0.398.